The average molecular weight is 274 g/mol. The molecule has 2 nitrogen and oxygen atoms in total. The van der Waals surface area contributed by atoms with Crippen molar-refractivity contribution in [2.24, 2.45) is 11.8 Å². The Labute approximate surface area is 120 Å². The van der Waals surface area contributed by atoms with Crippen LogP contribution in [0.2, 0.25) is 0 Å². The molecule has 1 aromatic rings. The van der Waals surface area contributed by atoms with E-state index in [0.717, 1.165) is 36.3 Å². The first-order valence-corrected chi connectivity index (χ1v) is 8.12. The highest BCUT2D eigenvalue weighted by Crippen LogP contribution is 2.46. The van der Waals surface area contributed by atoms with Gasteiger partial charge >= 0.3 is 0 Å². The summed E-state index contributed by atoms with van der Waals surface area (Å²) in [5.41, 5.74) is 1.75. The Balaban J connectivity index is 1.49. The fraction of sp³-hybridized carbons (Fsp3) is 0.647. The number of halogens is 1. The van der Waals surface area contributed by atoms with Gasteiger partial charge in [0.05, 0.1) is 5.69 Å². The van der Waals surface area contributed by atoms with Gasteiger partial charge in [-0.1, -0.05) is 0 Å². The van der Waals surface area contributed by atoms with E-state index in [1.54, 1.807) is 6.07 Å². The van der Waals surface area contributed by atoms with Crippen molar-refractivity contribution in [1.29, 1.82) is 0 Å². The lowest BCUT2D eigenvalue weighted by molar-refractivity contribution is 0.566. The van der Waals surface area contributed by atoms with Crippen molar-refractivity contribution < 1.29 is 4.39 Å². The lowest BCUT2D eigenvalue weighted by Gasteiger charge is -2.22. The van der Waals surface area contributed by atoms with Crippen LogP contribution in [0.25, 0.3) is 0 Å². The van der Waals surface area contributed by atoms with Crippen LogP contribution in [0.15, 0.2) is 18.2 Å². The van der Waals surface area contributed by atoms with E-state index in [9.17, 15) is 4.39 Å². The molecule has 2 aliphatic carbocycles. The predicted octanol–water partition coefficient (Wildman–Crippen LogP) is 4.03. The number of hydrogen-bond donors (Lipinski definition) is 1. The van der Waals surface area contributed by atoms with Crippen molar-refractivity contribution in [2.45, 2.75) is 44.6 Å². The first kappa shape index (κ1) is 12.5. The van der Waals surface area contributed by atoms with E-state index in [1.807, 2.05) is 6.07 Å². The maximum atomic E-state index is 14.3. The summed E-state index contributed by atoms with van der Waals surface area (Å²) < 4.78 is 14.3. The third-order valence-corrected chi connectivity index (χ3v) is 4.99. The number of rotatable bonds is 5. The van der Waals surface area contributed by atoms with Crippen LogP contribution in [0.4, 0.5) is 15.8 Å². The quantitative estimate of drug-likeness (QED) is 0.872. The molecule has 3 fully saturated rings. The number of benzene rings is 1. The first-order valence-electron chi connectivity index (χ1n) is 8.12. The standard InChI is InChI=1S/C17H23FN2/c18-15-11-14(7-8-16(15)20-9-1-2-10-20)19-17(12-3-4-12)13-5-6-13/h7-8,11-13,17,19H,1-6,9-10H2. The zero-order chi connectivity index (χ0) is 13.5. The van der Waals surface area contributed by atoms with Gasteiger partial charge in [0.25, 0.3) is 0 Å². The number of nitrogens with one attached hydrogen (secondary N) is 1. The van der Waals surface area contributed by atoms with Crippen molar-refractivity contribution in [3.05, 3.63) is 24.0 Å². The van der Waals surface area contributed by atoms with Gasteiger partial charge in [0, 0.05) is 24.8 Å². The summed E-state index contributed by atoms with van der Waals surface area (Å²) in [6.07, 6.45) is 7.77. The molecule has 1 saturated heterocycles. The highest BCUT2D eigenvalue weighted by Gasteiger charge is 2.41. The van der Waals surface area contributed by atoms with Gasteiger partial charge in [-0.05, 0) is 68.6 Å². The SMILES string of the molecule is Fc1cc(NC(C2CC2)C2CC2)ccc1N1CCCC1. The van der Waals surface area contributed by atoms with Crippen LogP contribution in [0, 0.1) is 17.7 Å². The minimum absolute atomic E-state index is 0.0674. The average Bonchev–Trinajstić information content (AvgIpc) is 3.37. The summed E-state index contributed by atoms with van der Waals surface area (Å²) in [6, 6.07) is 6.31. The van der Waals surface area contributed by atoms with Gasteiger partial charge < -0.3 is 10.2 Å². The molecule has 20 heavy (non-hydrogen) atoms. The molecule has 1 N–H and O–H groups in total. The van der Waals surface area contributed by atoms with Gasteiger partial charge in [0.15, 0.2) is 0 Å². The molecule has 3 aliphatic rings. The molecular formula is C17H23FN2. The second-order valence-corrected chi connectivity index (χ2v) is 6.71. The van der Waals surface area contributed by atoms with Crippen molar-refractivity contribution in [1.82, 2.24) is 0 Å². The van der Waals surface area contributed by atoms with Crippen LogP contribution >= 0.6 is 0 Å². The highest BCUT2D eigenvalue weighted by atomic mass is 19.1. The summed E-state index contributed by atoms with van der Waals surface area (Å²) in [4.78, 5) is 2.17. The van der Waals surface area contributed by atoms with E-state index in [4.69, 9.17) is 0 Å². The molecule has 0 amide bonds. The van der Waals surface area contributed by atoms with E-state index < -0.39 is 0 Å². The van der Waals surface area contributed by atoms with E-state index in [2.05, 4.69) is 16.3 Å². The van der Waals surface area contributed by atoms with Gasteiger partial charge in [-0.2, -0.15) is 0 Å². The van der Waals surface area contributed by atoms with E-state index in [-0.39, 0.29) is 5.82 Å². The topological polar surface area (TPSA) is 15.3 Å². The number of anilines is 2. The second-order valence-electron chi connectivity index (χ2n) is 6.71. The minimum atomic E-state index is -0.0674. The minimum Gasteiger partial charge on any atom is -0.382 e. The Morgan fingerprint density at radius 3 is 2.25 bits per heavy atom. The van der Waals surface area contributed by atoms with Crippen LogP contribution in [-0.2, 0) is 0 Å². The van der Waals surface area contributed by atoms with Gasteiger partial charge in [-0.3, -0.25) is 0 Å². The molecule has 108 valence electrons. The number of nitrogens with zero attached hydrogens (tertiary/aromatic N) is 1. The molecule has 2 saturated carbocycles. The maximum absolute atomic E-state index is 14.3. The lowest BCUT2D eigenvalue weighted by atomic mass is 10.1. The summed E-state index contributed by atoms with van der Waals surface area (Å²) in [7, 11) is 0. The molecular weight excluding hydrogens is 251 g/mol. The fourth-order valence-corrected chi connectivity index (χ4v) is 3.53. The monoisotopic (exact) mass is 274 g/mol. The van der Waals surface area contributed by atoms with Crippen molar-refractivity contribution >= 4 is 11.4 Å². The normalized spacial score (nSPS) is 22.6. The van der Waals surface area contributed by atoms with E-state index in [1.165, 1.54) is 38.5 Å². The predicted molar refractivity (Wildman–Crippen MR) is 80.7 cm³/mol. The third-order valence-electron chi connectivity index (χ3n) is 4.99. The largest absolute Gasteiger partial charge is 0.382 e. The smallest absolute Gasteiger partial charge is 0.148 e. The number of hydrogen-bond acceptors (Lipinski definition) is 2. The molecule has 3 heteroatoms. The van der Waals surface area contributed by atoms with E-state index in [0.29, 0.717) is 6.04 Å². The Bertz CT molecular complexity index is 476. The van der Waals surface area contributed by atoms with Crippen LogP contribution in [0.3, 0.4) is 0 Å². The van der Waals surface area contributed by atoms with Crippen molar-refractivity contribution in [3.63, 3.8) is 0 Å². The first-order chi connectivity index (χ1) is 9.81. The summed E-state index contributed by atoms with van der Waals surface area (Å²) in [5, 5.41) is 3.60. The molecule has 1 aromatic carbocycles. The van der Waals surface area contributed by atoms with Crippen molar-refractivity contribution in [3.8, 4) is 0 Å². The molecule has 0 bridgehead atoms. The van der Waals surface area contributed by atoms with Crippen molar-refractivity contribution in [2.75, 3.05) is 23.3 Å². The van der Waals surface area contributed by atoms with Crippen LogP contribution in [0.5, 0.6) is 0 Å². The van der Waals surface area contributed by atoms with Gasteiger partial charge in [0.2, 0.25) is 0 Å². The zero-order valence-corrected chi connectivity index (χ0v) is 11.9. The van der Waals surface area contributed by atoms with Gasteiger partial charge in [0.1, 0.15) is 5.82 Å². The Morgan fingerprint density at radius 2 is 1.70 bits per heavy atom. The van der Waals surface area contributed by atoms with Crippen LogP contribution in [-0.4, -0.2) is 19.1 Å². The molecule has 4 rings (SSSR count). The fourth-order valence-electron chi connectivity index (χ4n) is 3.53. The zero-order valence-electron chi connectivity index (χ0n) is 11.9. The second kappa shape index (κ2) is 4.94. The Hall–Kier alpha value is -1.25. The summed E-state index contributed by atoms with van der Waals surface area (Å²) in [5.74, 6) is 1.61. The molecule has 1 heterocycles. The Morgan fingerprint density at radius 1 is 1.05 bits per heavy atom. The van der Waals surface area contributed by atoms with Gasteiger partial charge in [-0.15, -0.1) is 0 Å². The highest BCUT2D eigenvalue weighted by molar-refractivity contribution is 5.57. The molecule has 0 aromatic heterocycles. The summed E-state index contributed by atoms with van der Waals surface area (Å²) in [6.45, 7) is 1.99. The molecule has 0 atom stereocenters. The molecule has 1 aliphatic heterocycles. The molecule has 0 spiro atoms. The van der Waals surface area contributed by atoms with Gasteiger partial charge in [-0.25, -0.2) is 4.39 Å². The van der Waals surface area contributed by atoms with Crippen LogP contribution in [0.1, 0.15) is 38.5 Å². The third kappa shape index (κ3) is 2.50. The molecule has 0 radical (unpaired) electrons. The van der Waals surface area contributed by atoms with Crippen LogP contribution < -0.4 is 10.2 Å². The maximum Gasteiger partial charge on any atom is 0.148 e. The summed E-state index contributed by atoms with van der Waals surface area (Å²) >= 11 is 0. The van der Waals surface area contributed by atoms with E-state index >= 15 is 0 Å². The lowest BCUT2D eigenvalue weighted by Crippen LogP contribution is -2.24. The molecule has 0 unspecified atom stereocenters. The Kier molecular flexibility index (Phi) is 3.08.